The summed E-state index contributed by atoms with van der Waals surface area (Å²) >= 11 is 6.03. The van der Waals surface area contributed by atoms with E-state index in [1.807, 2.05) is 55.5 Å². The van der Waals surface area contributed by atoms with Gasteiger partial charge in [0.25, 0.3) is 5.91 Å². The van der Waals surface area contributed by atoms with Crippen molar-refractivity contribution < 1.29 is 9.53 Å². The maximum atomic E-state index is 12.9. The molecule has 0 saturated carbocycles. The molecule has 0 unspecified atom stereocenters. The first-order valence-corrected chi connectivity index (χ1v) is 9.67. The van der Waals surface area contributed by atoms with E-state index in [-0.39, 0.29) is 5.82 Å². The molecule has 1 aromatic heterocycles. The van der Waals surface area contributed by atoms with Crippen LogP contribution in [0.5, 0.6) is 5.75 Å². The van der Waals surface area contributed by atoms with Gasteiger partial charge in [-0.05, 0) is 55.5 Å². The summed E-state index contributed by atoms with van der Waals surface area (Å²) in [6.45, 7) is 2.01. The molecule has 6 nitrogen and oxygen atoms in total. The highest BCUT2D eigenvalue weighted by molar-refractivity contribution is 6.30. The molecule has 3 aromatic carbocycles. The summed E-state index contributed by atoms with van der Waals surface area (Å²) in [5.74, 6) is 0.717. The van der Waals surface area contributed by atoms with Crippen LogP contribution in [-0.4, -0.2) is 27.8 Å². The van der Waals surface area contributed by atoms with Crippen LogP contribution in [0.3, 0.4) is 0 Å². The number of benzene rings is 3. The highest BCUT2D eigenvalue weighted by Gasteiger charge is 2.20. The van der Waals surface area contributed by atoms with Crippen LogP contribution >= 0.6 is 11.6 Å². The number of aryl methyl sites for hydroxylation is 1. The lowest BCUT2D eigenvalue weighted by Gasteiger charge is -2.08. The van der Waals surface area contributed by atoms with Gasteiger partial charge in [0.15, 0.2) is 5.82 Å². The van der Waals surface area contributed by atoms with E-state index < -0.39 is 5.91 Å². The van der Waals surface area contributed by atoms with Crippen molar-refractivity contribution in [2.24, 2.45) is 0 Å². The maximum absolute atomic E-state index is 12.9. The number of methoxy groups -OCH3 is 1. The Morgan fingerprint density at radius 2 is 1.70 bits per heavy atom. The third-order valence-electron chi connectivity index (χ3n) is 4.55. The van der Waals surface area contributed by atoms with Gasteiger partial charge in [-0.1, -0.05) is 41.4 Å². The molecule has 0 atom stereocenters. The van der Waals surface area contributed by atoms with Crippen LogP contribution in [0.1, 0.15) is 16.2 Å². The summed E-state index contributed by atoms with van der Waals surface area (Å²) < 4.78 is 6.95. The summed E-state index contributed by atoms with van der Waals surface area (Å²) in [4.78, 5) is 17.4. The molecule has 0 bridgehead atoms. The van der Waals surface area contributed by atoms with Gasteiger partial charge in [-0.3, -0.25) is 4.79 Å². The number of aromatic nitrogens is 3. The van der Waals surface area contributed by atoms with Gasteiger partial charge in [0.05, 0.1) is 18.5 Å². The van der Waals surface area contributed by atoms with Gasteiger partial charge >= 0.3 is 0 Å². The molecular weight excluding hydrogens is 400 g/mol. The Balaban J connectivity index is 1.75. The van der Waals surface area contributed by atoms with Crippen LogP contribution in [0.15, 0.2) is 72.8 Å². The van der Waals surface area contributed by atoms with E-state index in [4.69, 9.17) is 16.3 Å². The number of nitrogens with one attached hydrogen (secondary N) is 1. The molecule has 0 aliphatic carbocycles. The average molecular weight is 419 g/mol. The summed E-state index contributed by atoms with van der Waals surface area (Å²) in [5.41, 5.74) is 3.27. The fourth-order valence-electron chi connectivity index (χ4n) is 2.99. The summed E-state index contributed by atoms with van der Waals surface area (Å²) in [7, 11) is 1.55. The van der Waals surface area contributed by atoms with Crippen LogP contribution in [0.2, 0.25) is 5.02 Å². The zero-order chi connectivity index (χ0) is 21.1. The van der Waals surface area contributed by atoms with Gasteiger partial charge in [0.2, 0.25) is 5.82 Å². The number of nitrogens with zero attached hydrogens (tertiary/aromatic N) is 3. The molecule has 30 heavy (non-hydrogen) atoms. The average Bonchev–Trinajstić information content (AvgIpc) is 3.21. The van der Waals surface area contributed by atoms with Gasteiger partial charge in [-0.15, -0.1) is 5.10 Å². The van der Waals surface area contributed by atoms with Crippen molar-refractivity contribution in [2.45, 2.75) is 6.92 Å². The van der Waals surface area contributed by atoms with E-state index in [0.717, 1.165) is 16.8 Å². The normalized spacial score (nSPS) is 10.6. The Kier molecular flexibility index (Phi) is 5.50. The summed E-state index contributed by atoms with van der Waals surface area (Å²) in [6.07, 6.45) is 0. The molecule has 4 rings (SSSR count). The highest BCUT2D eigenvalue weighted by atomic mass is 35.5. The number of carbonyl (C=O) groups excluding carboxylic acids is 1. The number of halogens is 1. The van der Waals surface area contributed by atoms with Crippen molar-refractivity contribution in [1.29, 1.82) is 0 Å². The van der Waals surface area contributed by atoms with Crippen molar-refractivity contribution in [3.63, 3.8) is 0 Å². The third-order valence-corrected chi connectivity index (χ3v) is 4.80. The second-order valence-electron chi connectivity index (χ2n) is 6.67. The van der Waals surface area contributed by atoms with E-state index in [1.165, 1.54) is 0 Å². The Bertz CT molecular complexity index is 1120. The second kappa shape index (κ2) is 8.39. The highest BCUT2D eigenvalue weighted by Crippen LogP contribution is 2.26. The number of carbonyl (C=O) groups is 1. The number of anilines is 1. The first-order valence-electron chi connectivity index (χ1n) is 9.29. The van der Waals surface area contributed by atoms with Gasteiger partial charge in [-0.2, -0.15) is 0 Å². The molecule has 7 heteroatoms. The van der Waals surface area contributed by atoms with Crippen molar-refractivity contribution in [3.8, 4) is 22.8 Å². The third kappa shape index (κ3) is 4.04. The molecule has 150 valence electrons. The van der Waals surface area contributed by atoms with Gasteiger partial charge < -0.3 is 10.1 Å². The van der Waals surface area contributed by atoms with Gasteiger partial charge in [0, 0.05) is 10.6 Å². The zero-order valence-corrected chi connectivity index (χ0v) is 17.2. The lowest BCUT2D eigenvalue weighted by molar-refractivity contribution is 0.101. The van der Waals surface area contributed by atoms with E-state index in [9.17, 15) is 4.79 Å². The Hall–Kier alpha value is -3.64. The predicted octanol–water partition coefficient (Wildman–Crippen LogP) is 5.16. The number of amides is 1. The van der Waals surface area contributed by atoms with Gasteiger partial charge in [-0.25, -0.2) is 9.67 Å². The predicted molar refractivity (Wildman–Crippen MR) is 117 cm³/mol. The lowest BCUT2D eigenvalue weighted by atomic mass is 10.2. The van der Waals surface area contributed by atoms with Crippen LogP contribution in [0.25, 0.3) is 17.1 Å². The molecular formula is C23H19ClN4O2. The van der Waals surface area contributed by atoms with E-state index in [0.29, 0.717) is 22.3 Å². The summed E-state index contributed by atoms with van der Waals surface area (Å²) in [6, 6.07) is 22.3. The van der Waals surface area contributed by atoms with E-state index >= 15 is 0 Å². The largest absolute Gasteiger partial charge is 0.495 e. The topological polar surface area (TPSA) is 69.0 Å². The maximum Gasteiger partial charge on any atom is 0.295 e. The molecule has 0 aliphatic rings. The van der Waals surface area contributed by atoms with E-state index in [2.05, 4.69) is 15.4 Å². The van der Waals surface area contributed by atoms with Crippen LogP contribution in [-0.2, 0) is 0 Å². The minimum Gasteiger partial charge on any atom is -0.495 e. The molecule has 0 saturated heterocycles. The zero-order valence-electron chi connectivity index (χ0n) is 16.5. The number of hydrogen-bond acceptors (Lipinski definition) is 4. The molecule has 4 aromatic rings. The molecule has 1 heterocycles. The first-order chi connectivity index (χ1) is 14.5. The standard InChI is InChI=1S/C23H19ClN4O2/c1-15-7-13-18(14-8-15)28-22(16-9-11-17(24)12-10-16)26-21(27-28)23(29)25-19-5-3-4-6-20(19)30-2/h3-14H,1-2H3,(H,25,29). The van der Waals surface area contributed by atoms with Crippen molar-refractivity contribution in [2.75, 3.05) is 12.4 Å². The van der Waals surface area contributed by atoms with Crippen molar-refractivity contribution in [1.82, 2.24) is 14.8 Å². The van der Waals surface area contributed by atoms with Crippen molar-refractivity contribution >= 4 is 23.2 Å². The number of hydrogen-bond donors (Lipinski definition) is 1. The minimum atomic E-state index is -0.430. The summed E-state index contributed by atoms with van der Waals surface area (Å²) in [5, 5.41) is 7.92. The smallest absolute Gasteiger partial charge is 0.295 e. The Morgan fingerprint density at radius 3 is 2.40 bits per heavy atom. The van der Waals surface area contributed by atoms with E-state index in [1.54, 1.807) is 36.1 Å². The molecule has 1 amide bonds. The molecule has 1 N–H and O–H groups in total. The molecule has 0 aliphatic heterocycles. The molecule has 0 radical (unpaired) electrons. The Morgan fingerprint density at radius 1 is 1.00 bits per heavy atom. The Labute approximate surface area is 179 Å². The fourth-order valence-corrected chi connectivity index (χ4v) is 3.11. The number of para-hydroxylation sites is 2. The monoisotopic (exact) mass is 418 g/mol. The van der Waals surface area contributed by atoms with Crippen LogP contribution < -0.4 is 10.1 Å². The SMILES string of the molecule is COc1ccccc1NC(=O)c1nc(-c2ccc(Cl)cc2)n(-c2ccc(C)cc2)n1. The lowest BCUT2D eigenvalue weighted by Crippen LogP contribution is -2.15. The number of ether oxygens (including phenoxy) is 1. The van der Waals surface area contributed by atoms with Crippen LogP contribution in [0, 0.1) is 6.92 Å². The molecule has 0 fully saturated rings. The van der Waals surface area contributed by atoms with Crippen molar-refractivity contribution in [3.05, 3.63) is 89.2 Å². The second-order valence-corrected chi connectivity index (χ2v) is 7.10. The minimum absolute atomic E-state index is 0.0476. The number of rotatable bonds is 5. The fraction of sp³-hybridized carbons (Fsp3) is 0.0870. The molecule has 0 spiro atoms. The van der Waals surface area contributed by atoms with Gasteiger partial charge in [0.1, 0.15) is 5.75 Å². The first kappa shape index (κ1) is 19.7. The van der Waals surface area contributed by atoms with Crippen LogP contribution in [0.4, 0.5) is 5.69 Å². The quantitative estimate of drug-likeness (QED) is 0.486.